The van der Waals surface area contributed by atoms with Crippen molar-refractivity contribution in [1.82, 2.24) is 5.32 Å². The second-order valence-electron chi connectivity index (χ2n) is 4.74. The van der Waals surface area contributed by atoms with Crippen molar-refractivity contribution in [1.29, 1.82) is 0 Å². The summed E-state index contributed by atoms with van der Waals surface area (Å²) in [6, 6.07) is 11.7. The topological polar surface area (TPSA) is 58.6 Å². The minimum atomic E-state index is -0.787. The lowest BCUT2D eigenvalue weighted by Gasteiger charge is -2.12. The molecule has 1 heterocycles. The van der Waals surface area contributed by atoms with Gasteiger partial charge in [0.25, 0.3) is 0 Å². The van der Waals surface area contributed by atoms with E-state index in [2.05, 4.69) is 11.4 Å². The van der Waals surface area contributed by atoms with Gasteiger partial charge in [-0.1, -0.05) is 18.2 Å². The molecule has 0 radical (unpaired) electrons. The molecule has 1 fully saturated rings. The van der Waals surface area contributed by atoms with Crippen molar-refractivity contribution < 1.29 is 14.6 Å². The lowest BCUT2D eigenvalue weighted by Crippen LogP contribution is -2.33. The van der Waals surface area contributed by atoms with E-state index in [1.165, 1.54) is 0 Å². The van der Waals surface area contributed by atoms with Crippen LogP contribution >= 0.6 is 11.8 Å². The number of rotatable bonds is 3. The van der Waals surface area contributed by atoms with Gasteiger partial charge in [-0.3, -0.25) is 10.1 Å². The number of aliphatic carboxylic acids is 1. The van der Waals surface area contributed by atoms with Gasteiger partial charge in [-0.15, -0.1) is 11.8 Å². The van der Waals surface area contributed by atoms with Crippen LogP contribution in [0.4, 0.5) is 0 Å². The Labute approximate surface area is 121 Å². The number of benzene rings is 2. The van der Waals surface area contributed by atoms with E-state index >= 15 is 0 Å². The van der Waals surface area contributed by atoms with Gasteiger partial charge in [-0.25, -0.2) is 0 Å². The second-order valence-corrected chi connectivity index (χ2v) is 5.88. The molecule has 2 N–H and O–H groups in total. The third-order valence-corrected chi connectivity index (χ3v) is 4.72. The van der Waals surface area contributed by atoms with Crippen molar-refractivity contribution in [3.63, 3.8) is 0 Å². The van der Waals surface area contributed by atoms with E-state index in [0.29, 0.717) is 5.75 Å². The lowest BCUT2D eigenvalue weighted by molar-refractivity contribution is -0.138. The predicted octanol–water partition coefficient (Wildman–Crippen LogP) is 2.64. The maximum Gasteiger partial charge on any atom is 0.321 e. The van der Waals surface area contributed by atoms with Crippen LogP contribution < -0.4 is 10.1 Å². The molecule has 3 rings (SSSR count). The molecule has 0 amide bonds. The summed E-state index contributed by atoms with van der Waals surface area (Å²) in [4.78, 5) is 11.0. The van der Waals surface area contributed by atoms with Gasteiger partial charge in [0.1, 0.15) is 11.8 Å². The lowest BCUT2D eigenvalue weighted by atomic mass is 10.1. The summed E-state index contributed by atoms with van der Waals surface area (Å²) >= 11 is 1.63. The Balaban J connectivity index is 1.88. The molecule has 20 heavy (non-hydrogen) atoms. The van der Waals surface area contributed by atoms with E-state index < -0.39 is 12.0 Å². The molecule has 0 spiro atoms. The minimum absolute atomic E-state index is 0.0441. The minimum Gasteiger partial charge on any atom is -0.497 e. The average molecular weight is 289 g/mol. The van der Waals surface area contributed by atoms with Crippen LogP contribution in [0.5, 0.6) is 5.75 Å². The molecule has 0 aliphatic carbocycles. The summed E-state index contributed by atoms with van der Waals surface area (Å²) in [5.41, 5.74) is 1.11. The molecule has 5 heteroatoms. The van der Waals surface area contributed by atoms with Crippen molar-refractivity contribution in [3.8, 4) is 5.75 Å². The summed E-state index contributed by atoms with van der Waals surface area (Å²) in [7, 11) is 1.65. The van der Waals surface area contributed by atoms with Crippen LogP contribution in [-0.2, 0) is 4.79 Å². The largest absolute Gasteiger partial charge is 0.497 e. The molecule has 0 saturated carbocycles. The van der Waals surface area contributed by atoms with Crippen molar-refractivity contribution in [2.45, 2.75) is 11.4 Å². The molecule has 1 aliphatic rings. The summed E-state index contributed by atoms with van der Waals surface area (Å²) < 4.78 is 5.21. The fraction of sp³-hybridized carbons (Fsp3) is 0.267. The molecule has 1 aliphatic heterocycles. The molecule has 2 atom stereocenters. The van der Waals surface area contributed by atoms with E-state index in [1.54, 1.807) is 18.9 Å². The first-order valence-electron chi connectivity index (χ1n) is 6.35. The van der Waals surface area contributed by atoms with E-state index in [4.69, 9.17) is 9.84 Å². The first-order valence-corrected chi connectivity index (χ1v) is 7.40. The molecule has 2 aromatic carbocycles. The maximum absolute atomic E-state index is 11.0. The van der Waals surface area contributed by atoms with Gasteiger partial charge in [0, 0.05) is 5.75 Å². The third kappa shape index (κ3) is 2.46. The molecule has 4 nitrogen and oxygen atoms in total. The number of ether oxygens (including phenoxy) is 1. The summed E-state index contributed by atoms with van der Waals surface area (Å²) in [6.45, 7) is 0. The Hall–Kier alpha value is -1.72. The summed E-state index contributed by atoms with van der Waals surface area (Å²) in [5, 5.41) is 14.4. The molecular weight excluding hydrogens is 274 g/mol. The van der Waals surface area contributed by atoms with Gasteiger partial charge in [0.2, 0.25) is 0 Å². The number of carboxylic acid groups (broad SMARTS) is 1. The highest BCUT2D eigenvalue weighted by Crippen LogP contribution is 2.34. The Morgan fingerprint density at radius 2 is 2.05 bits per heavy atom. The van der Waals surface area contributed by atoms with E-state index in [0.717, 1.165) is 22.1 Å². The highest BCUT2D eigenvalue weighted by molar-refractivity contribution is 7.99. The van der Waals surface area contributed by atoms with Gasteiger partial charge in [0.15, 0.2) is 0 Å². The molecule has 0 aromatic heterocycles. The number of hydrogen-bond donors (Lipinski definition) is 2. The Bertz CT molecular complexity index is 659. The second kappa shape index (κ2) is 5.34. The van der Waals surface area contributed by atoms with E-state index in [1.807, 2.05) is 30.3 Å². The zero-order valence-electron chi connectivity index (χ0n) is 11.0. The van der Waals surface area contributed by atoms with E-state index in [-0.39, 0.29) is 5.37 Å². The maximum atomic E-state index is 11.0. The molecular formula is C15H15NO3S. The molecule has 1 unspecified atom stereocenters. The zero-order chi connectivity index (χ0) is 14.1. The predicted molar refractivity (Wildman–Crippen MR) is 80.3 cm³/mol. The monoisotopic (exact) mass is 289 g/mol. The van der Waals surface area contributed by atoms with E-state index in [9.17, 15) is 4.79 Å². The van der Waals surface area contributed by atoms with Gasteiger partial charge >= 0.3 is 5.97 Å². The fourth-order valence-corrected chi connectivity index (χ4v) is 3.56. The first kappa shape index (κ1) is 13.3. The SMILES string of the molecule is COc1ccc2cc(C3N[C@@H](C(=O)O)CS3)ccc2c1. The number of thioether (sulfide) groups is 1. The van der Waals surface area contributed by atoms with Crippen molar-refractivity contribution in [2.24, 2.45) is 0 Å². The quantitative estimate of drug-likeness (QED) is 0.909. The van der Waals surface area contributed by atoms with Gasteiger partial charge in [0.05, 0.1) is 12.5 Å². The molecule has 104 valence electrons. The first-order chi connectivity index (χ1) is 9.67. The number of carbonyl (C=O) groups is 1. The van der Waals surface area contributed by atoms with Crippen LogP contribution in [0.2, 0.25) is 0 Å². The normalized spacial score (nSPS) is 22.1. The number of fused-ring (bicyclic) bond motifs is 1. The number of nitrogens with one attached hydrogen (secondary N) is 1. The van der Waals surface area contributed by atoms with Gasteiger partial charge < -0.3 is 9.84 Å². The molecule has 1 saturated heterocycles. The highest BCUT2D eigenvalue weighted by Gasteiger charge is 2.30. The van der Waals surface area contributed by atoms with Crippen molar-refractivity contribution in [3.05, 3.63) is 42.0 Å². The van der Waals surface area contributed by atoms with Crippen LogP contribution in [0, 0.1) is 0 Å². The van der Waals surface area contributed by atoms with Crippen LogP contribution in [0.15, 0.2) is 36.4 Å². The number of carboxylic acids is 1. The van der Waals surface area contributed by atoms with Crippen molar-refractivity contribution in [2.75, 3.05) is 12.9 Å². The van der Waals surface area contributed by atoms with Crippen LogP contribution in [0.3, 0.4) is 0 Å². The summed E-state index contributed by atoms with van der Waals surface area (Å²) in [5.74, 6) is 0.649. The van der Waals surface area contributed by atoms with Gasteiger partial charge in [-0.2, -0.15) is 0 Å². The van der Waals surface area contributed by atoms with Crippen LogP contribution in [-0.4, -0.2) is 30.0 Å². The summed E-state index contributed by atoms with van der Waals surface area (Å²) in [6.07, 6.45) is 0. The standard InChI is InChI=1S/C15H15NO3S/c1-19-12-5-4-9-6-11(3-2-10(9)7-12)14-16-13(8-20-14)15(17)18/h2-7,13-14,16H,8H2,1H3,(H,17,18)/t13-,14?/m1/s1. The van der Waals surface area contributed by atoms with Crippen LogP contribution in [0.1, 0.15) is 10.9 Å². The fourth-order valence-electron chi connectivity index (χ4n) is 2.34. The highest BCUT2D eigenvalue weighted by atomic mass is 32.2. The Morgan fingerprint density at radius 3 is 2.75 bits per heavy atom. The van der Waals surface area contributed by atoms with Gasteiger partial charge in [-0.05, 0) is 34.5 Å². The number of hydrogen-bond acceptors (Lipinski definition) is 4. The van der Waals surface area contributed by atoms with Crippen molar-refractivity contribution >= 4 is 28.5 Å². The third-order valence-electron chi connectivity index (χ3n) is 3.45. The number of methoxy groups -OCH3 is 1. The zero-order valence-corrected chi connectivity index (χ0v) is 11.8. The van der Waals surface area contributed by atoms with Crippen LogP contribution in [0.25, 0.3) is 10.8 Å². The average Bonchev–Trinajstić information content (AvgIpc) is 2.96. The molecule has 2 aromatic rings. The molecule has 0 bridgehead atoms. The Kier molecular flexibility index (Phi) is 3.54. The Morgan fingerprint density at radius 1 is 1.30 bits per heavy atom. The smallest absolute Gasteiger partial charge is 0.321 e.